The van der Waals surface area contributed by atoms with Gasteiger partial charge in [0.25, 0.3) is 5.56 Å². The molecular formula is C23H27N5O4. The first kappa shape index (κ1) is 21.8. The lowest BCUT2D eigenvalue weighted by Gasteiger charge is -2.45. The normalized spacial score (nSPS) is 15.7. The average molecular weight is 438 g/mol. The molecule has 3 heterocycles. The molecule has 1 aliphatic heterocycles. The number of hydrogen-bond donors (Lipinski definition) is 1. The highest BCUT2D eigenvalue weighted by atomic mass is 16.5. The molecule has 2 aromatic heterocycles. The quantitative estimate of drug-likeness (QED) is 0.627. The Labute approximate surface area is 186 Å². The molecule has 0 fully saturated rings. The van der Waals surface area contributed by atoms with Crippen LogP contribution in [0.3, 0.4) is 0 Å². The number of β-amino-alcohol motifs (C(OH)–C–C–N with tert-alkyl or cyclic N) is 1. The molecule has 0 aliphatic carbocycles. The van der Waals surface area contributed by atoms with Crippen molar-refractivity contribution in [1.29, 1.82) is 0 Å². The van der Waals surface area contributed by atoms with Crippen molar-refractivity contribution in [3.8, 4) is 22.9 Å². The number of nitrogens with zero attached hydrogens (tertiary/aromatic N) is 5. The third-order valence-electron chi connectivity index (χ3n) is 5.90. The summed E-state index contributed by atoms with van der Waals surface area (Å²) in [5, 5.41) is 11.2. The zero-order valence-electron chi connectivity index (χ0n) is 18.6. The molecule has 3 aromatic rings. The molecule has 4 rings (SSSR count). The summed E-state index contributed by atoms with van der Waals surface area (Å²) in [5.41, 5.74) is 1.15. The van der Waals surface area contributed by atoms with Gasteiger partial charge in [0, 0.05) is 29.9 Å². The number of fused-ring (bicyclic) bond motifs is 1. The highest BCUT2D eigenvalue weighted by Crippen LogP contribution is 2.35. The van der Waals surface area contributed by atoms with Crippen molar-refractivity contribution < 1.29 is 14.6 Å². The SMILES string of the molecule is COc1ccc(OC)c([C@H](O)CN2c3nc(-c4ccncn4)cc(=O)n3CCC2(C)C)c1. The molecule has 32 heavy (non-hydrogen) atoms. The van der Waals surface area contributed by atoms with Crippen LogP contribution >= 0.6 is 0 Å². The van der Waals surface area contributed by atoms with E-state index < -0.39 is 6.10 Å². The van der Waals surface area contributed by atoms with Gasteiger partial charge in [-0.2, -0.15) is 0 Å². The highest BCUT2D eigenvalue weighted by Gasteiger charge is 2.36. The fourth-order valence-electron chi connectivity index (χ4n) is 3.97. The van der Waals surface area contributed by atoms with Crippen molar-refractivity contribution >= 4 is 5.95 Å². The maximum Gasteiger partial charge on any atom is 0.255 e. The van der Waals surface area contributed by atoms with Crippen molar-refractivity contribution in [3.63, 3.8) is 0 Å². The predicted octanol–water partition coefficient (Wildman–Crippen LogP) is 2.44. The first-order chi connectivity index (χ1) is 15.3. The lowest BCUT2D eigenvalue weighted by atomic mass is 9.94. The first-order valence-corrected chi connectivity index (χ1v) is 10.4. The van der Waals surface area contributed by atoms with Crippen LogP contribution in [0.4, 0.5) is 5.95 Å². The summed E-state index contributed by atoms with van der Waals surface area (Å²) in [5.74, 6) is 1.69. The number of ether oxygens (including phenoxy) is 2. The van der Waals surface area contributed by atoms with Gasteiger partial charge < -0.3 is 19.5 Å². The van der Waals surface area contributed by atoms with Gasteiger partial charge in [-0.15, -0.1) is 0 Å². The smallest absolute Gasteiger partial charge is 0.255 e. The van der Waals surface area contributed by atoms with Crippen molar-refractivity contribution in [2.24, 2.45) is 0 Å². The van der Waals surface area contributed by atoms with Crippen LogP contribution in [0.15, 0.2) is 47.7 Å². The molecule has 1 atom stereocenters. The van der Waals surface area contributed by atoms with Gasteiger partial charge in [0.05, 0.1) is 32.2 Å². The van der Waals surface area contributed by atoms with Crippen LogP contribution in [0.25, 0.3) is 11.4 Å². The average Bonchev–Trinajstić information content (AvgIpc) is 2.80. The van der Waals surface area contributed by atoms with Gasteiger partial charge in [-0.3, -0.25) is 9.36 Å². The van der Waals surface area contributed by atoms with Crippen LogP contribution in [0.1, 0.15) is 31.9 Å². The summed E-state index contributed by atoms with van der Waals surface area (Å²) in [6, 6.07) is 8.52. The summed E-state index contributed by atoms with van der Waals surface area (Å²) in [7, 11) is 3.14. The van der Waals surface area contributed by atoms with Crippen molar-refractivity contribution in [3.05, 3.63) is 58.8 Å². The van der Waals surface area contributed by atoms with Crippen LogP contribution < -0.4 is 19.9 Å². The van der Waals surface area contributed by atoms with Crippen LogP contribution in [0.5, 0.6) is 11.5 Å². The molecule has 0 spiro atoms. The fourth-order valence-corrected chi connectivity index (χ4v) is 3.97. The summed E-state index contributed by atoms with van der Waals surface area (Å²) < 4.78 is 12.4. The van der Waals surface area contributed by atoms with Crippen molar-refractivity contribution in [1.82, 2.24) is 19.5 Å². The Hall–Kier alpha value is -3.46. The van der Waals surface area contributed by atoms with E-state index in [1.54, 1.807) is 49.2 Å². The number of benzene rings is 1. The minimum absolute atomic E-state index is 0.155. The Bertz CT molecular complexity index is 1160. The van der Waals surface area contributed by atoms with Gasteiger partial charge in [-0.25, -0.2) is 15.0 Å². The zero-order valence-corrected chi connectivity index (χ0v) is 18.6. The van der Waals surface area contributed by atoms with Gasteiger partial charge >= 0.3 is 0 Å². The van der Waals surface area contributed by atoms with Gasteiger partial charge in [0.15, 0.2) is 0 Å². The summed E-state index contributed by atoms with van der Waals surface area (Å²) in [4.78, 5) is 27.8. The summed E-state index contributed by atoms with van der Waals surface area (Å²) >= 11 is 0. The number of aromatic nitrogens is 4. The second kappa shape index (κ2) is 8.58. The van der Waals surface area contributed by atoms with Crippen LogP contribution in [0, 0.1) is 0 Å². The Balaban J connectivity index is 1.77. The largest absolute Gasteiger partial charge is 0.497 e. The van der Waals surface area contributed by atoms with E-state index >= 15 is 0 Å². The Kier molecular flexibility index (Phi) is 5.84. The number of methoxy groups -OCH3 is 2. The Morgan fingerprint density at radius 2 is 1.97 bits per heavy atom. The molecule has 0 amide bonds. The fraction of sp³-hybridized carbons (Fsp3) is 0.391. The molecule has 1 aliphatic rings. The topological polar surface area (TPSA) is 103 Å². The standard InChI is InChI=1S/C23H27N5O4/c1-23(2)8-10-27-21(30)12-18(17-7-9-24-14-25-17)26-22(27)28(23)13-19(29)16-11-15(31-3)5-6-20(16)32-4/h5-7,9,11-12,14,19,29H,8,10,13H2,1-4H3/t19-/m1/s1. The zero-order chi connectivity index (χ0) is 22.9. The minimum atomic E-state index is -0.898. The molecule has 0 saturated heterocycles. The van der Waals surface area contributed by atoms with Crippen LogP contribution in [0.2, 0.25) is 0 Å². The predicted molar refractivity (Wildman–Crippen MR) is 120 cm³/mol. The van der Waals surface area contributed by atoms with E-state index in [1.807, 2.05) is 4.90 Å². The van der Waals surface area contributed by atoms with Gasteiger partial charge in [-0.05, 0) is 44.5 Å². The van der Waals surface area contributed by atoms with E-state index in [0.717, 1.165) is 6.42 Å². The number of hydrogen-bond acceptors (Lipinski definition) is 8. The highest BCUT2D eigenvalue weighted by molar-refractivity contribution is 5.56. The van der Waals surface area contributed by atoms with E-state index in [0.29, 0.717) is 40.9 Å². The van der Waals surface area contributed by atoms with E-state index in [2.05, 4.69) is 23.8 Å². The van der Waals surface area contributed by atoms with Gasteiger partial charge in [0.2, 0.25) is 5.95 Å². The van der Waals surface area contributed by atoms with E-state index in [-0.39, 0.29) is 17.6 Å². The minimum Gasteiger partial charge on any atom is -0.497 e. The summed E-state index contributed by atoms with van der Waals surface area (Å²) in [6.45, 7) is 4.93. The third-order valence-corrected chi connectivity index (χ3v) is 5.90. The molecule has 9 heteroatoms. The van der Waals surface area contributed by atoms with Crippen molar-refractivity contribution in [2.45, 2.75) is 38.5 Å². The molecule has 1 N–H and O–H groups in total. The lowest BCUT2D eigenvalue weighted by molar-refractivity contribution is 0.164. The number of anilines is 1. The molecule has 0 radical (unpaired) electrons. The van der Waals surface area contributed by atoms with E-state index in [9.17, 15) is 9.90 Å². The summed E-state index contributed by atoms with van der Waals surface area (Å²) in [6.07, 6.45) is 2.87. The third kappa shape index (κ3) is 4.03. The monoisotopic (exact) mass is 437 g/mol. The Morgan fingerprint density at radius 3 is 2.66 bits per heavy atom. The van der Waals surface area contributed by atoms with Crippen molar-refractivity contribution in [2.75, 3.05) is 25.7 Å². The van der Waals surface area contributed by atoms with Crippen LogP contribution in [-0.2, 0) is 6.54 Å². The maximum atomic E-state index is 12.9. The molecule has 0 saturated carbocycles. The Morgan fingerprint density at radius 1 is 1.16 bits per heavy atom. The molecule has 1 aromatic carbocycles. The molecule has 168 valence electrons. The second-order valence-electron chi connectivity index (χ2n) is 8.32. The lowest BCUT2D eigenvalue weighted by Crippen LogP contribution is -2.53. The van der Waals surface area contributed by atoms with E-state index in [1.165, 1.54) is 12.4 Å². The number of rotatable bonds is 6. The number of aliphatic hydroxyl groups is 1. The number of aliphatic hydroxyl groups excluding tert-OH is 1. The second-order valence-corrected chi connectivity index (χ2v) is 8.32. The first-order valence-electron chi connectivity index (χ1n) is 10.4. The molecule has 0 unspecified atom stereocenters. The van der Waals surface area contributed by atoms with Crippen LogP contribution in [-0.4, -0.2) is 50.9 Å². The molecule has 9 nitrogen and oxygen atoms in total. The molecule has 0 bridgehead atoms. The van der Waals surface area contributed by atoms with E-state index in [4.69, 9.17) is 14.5 Å². The maximum absolute atomic E-state index is 12.9. The van der Waals surface area contributed by atoms with Gasteiger partial charge in [-0.1, -0.05) is 0 Å². The molecular weight excluding hydrogens is 410 g/mol. The van der Waals surface area contributed by atoms with Gasteiger partial charge in [0.1, 0.15) is 23.9 Å².